The Morgan fingerprint density at radius 1 is 1.10 bits per heavy atom. The predicted octanol–water partition coefficient (Wildman–Crippen LogP) is 4.05. The molecular weight excluding hydrogens is 465 g/mol. The number of thioether (sulfide) groups is 1. The third-order valence-electron chi connectivity index (χ3n) is 4.03. The van der Waals surface area contributed by atoms with Gasteiger partial charge in [0.15, 0.2) is 0 Å². The van der Waals surface area contributed by atoms with E-state index in [1.807, 2.05) is 6.07 Å². The van der Waals surface area contributed by atoms with Crippen LogP contribution in [0.1, 0.15) is 22.3 Å². The number of hydrogen-bond acceptors (Lipinski definition) is 5. The van der Waals surface area contributed by atoms with Crippen molar-refractivity contribution in [3.8, 4) is 0 Å². The number of amides is 3. The summed E-state index contributed by atoms with van der Waals surface area (Å²) in [6.45, 7) is 0.0867. The molecule has 0 unspecified atom stereocenters. The Balaban J connectivity index is 1.53. The van der Waals surface area contributed by atoms with Crippen molar-refractivity contribution < 1.29 is 14.4 Å². The molecule has 2 N–H and O–H groups in total. The van der Waals surface area contributed by atoms with Crippen molar-refractivity contribution in [2.45, 2.75) is 6.42 Å². The lowest BCUT2D eigenvalue weighted by Crippen LogP contribution is -2.43. The van der Waals surface area contributed by atoms with Crippen LogP contribution in [0.15, 0.2) is 53.4 Å². The van der Waals surface area contributed by atoms with Crippen molar-refractivity contribution >= 4 is 75.3 Å². The summed E-state index contributed by atoms with van der Waals surface area (Å²) in [7, 11) is 0. The summed E-state index contributed by atoms with van der Waals surface area (Å²) in [4.78, 5) is 38.5. The van der Waals surface area contributed by atoms with Crippen LogP contribution in [-0.4, -0.2) is 33.5 Å². The molecule has 2 aromatic rings. The van der Waals surface area contributed by atoms with E-state index in [1.165, 1.54) is 11.0 Å². The van der Waals surface area contributed by atoms with Gasteiger partial charge in [0.05, 0.1) is 4.91 Å². The van der Waals surface area contributed by atoms with Crippen LogP contribution in [0.2, 0.25) is 10.0 Å². The molecule has 154 valence electrons. The number of halogens is 2. The van der Waals surface area contributed by atoms with Gasteiger partial charge < -0.3 is 0 Å². The SMILES string of the molecule is O=C(CCN1C(=O)/C(=C\c2ccccc2Cl)SC1=S)NNC(=O)c1cccc(Cl)c1. The molecule has 30 heavy (non-hydrogen) atoms. The zero-order valence-electron chi connectivity index (χ0n) is 15.4. The van der Waals surface area contributed by atoms with E-state index in [1.54, 1.807) is 42.5 Å². The number of carbonyl (C=O) groups excluding carboxylic acids is 3. The van der Waals surface area contributed by atoms with E-state index in [0.717, 1.165) is 11.8 Å². The molecule has 0 aromatic heterocycles. The Bertz CT molecular complexity index is 1060. The molecule has 0 spiro atoms. The number of thiocarbonyl (C=S) groups is 1. The first-order valence-electron chi connectivity index (χ1n) is 8.70. The normalized spacial score (nSPS) is 14.9. The third kappa shape index (κ3) is 5.60. The fraction of sp³-hybridized carbons (Fsp3) is 0.100. The number of hydrogen-bond donors (Lipinski definition) is 2. The first-order valence-corrected chi connectivity index (χ1v) is 10.7. The molecule has 1 aliphatic heterocycles. The molecule has 1 heterocycles. The minimum atomic E-state index is -0.501. The van der Waals surface area contributed by atoms with Gasteiger partial charge in [0.2, 0.25) is 5.91 Å². The van der Waals surface area contributed by atoms with Gasteiger partial charge in [0.25, 0.3) is 11.8 Å². The molecule has 1 aliphatic rings. The Hall–Kier alpha value is -2.39. The number of hydrazine groups is 1. The molecule has 0 bridgehead atoms. The minimum Gasteiger partial charge on any atom is -0.292 e. The highest BCUT2D eigenvalue weighted by atomic mass is 35.5. The molecule has 0 aliphatic carbocycles. The third-order valence-corrected chi connectivity index (χ3v) is 5.99. The second kappa shape index (κ2) is 10.1. The van der Waals surface area contributed by atoms with Gasteiger partial charge in [-0.3, -0.25) is 30.1 Å². The van der Waals surface area contributed by atoms with Crippen LogP contribution in [0.4, 0.5) is 0 Å². The quantitative estimate of drug-likeness (QED) is 0.384. The fourth-order valence-corrected chi connectivity index (χ4v) is 4.21. The largest absolute Gasteiger partial charge is 0.292 e. The Labute approximate surface area is 192 Å². The van der Waals surface area contributed by atoms with E-state index in [9.17, 15) is 14.4 Å². The summed E-state index contributed by atoms with van der Waals surface area (Å²) >= 11 is 18.4. The molecule has 10 heteroatoms. The van der Waals surface area contributed by atoms with E-state index in [0.29, 0.717) is 30.4 Å². The van der Waals surface area contributed by atoms with Crippen molar-refractivity contribution in [1.82, 2.24) is 15.8 Å². The van der Waals surface area contributed by atoms with E-state index >= 15 is 0 Å². The van der Waals surface area contributed by atoms with Crippen LogP contribution in [0.25, 0.3) is 6.08 Å². The van der Waals surface area contributed by atoms with Crippen molar-refractivity contribution in [2.75, 3.05) is 6.54 Å². The highest BCUT2D eigenvalue weighted by Crippen LogP contribution is 2.33. The van der Waals surface area contributed by atoms with Crippen molar-refractivity contribution in [3.05, 3.63) is 74.6 Å². The maximum absolute atomic E-state index is 12.6. The van der Waals surface area contributed by atoms with Crippen molar-refractivity contribution in [2.24, 2.45) is 0 Å². The van der Waals surface area contributed by atoms with E-state index < -0.39 is 11.8 Å². The number of rotatable bonds is 5. The van der Waals surface area contributed by atoms with Crippen LogP contribution < -0.4 is 10.9 Å². The molecule has 1 saturated heterocycles. The minimum absolute atomic E-state index is 0.0400. The average molecular weight is 480 g/mol. The maximum atomic E-state index is 12.6. The Morgan fingerprint density at radius 3 is 2.60 bits per heavy atom. The molecule has 0 radical (unpaired) electrons. The highest BCUT2D eigenvalue weighted by Gasteiger charge is 2.32. The van der Waals surface area contributed by atoms with Gasteiger partial charge in [-0.05, 0) is 35.9 Å². The maximum Gasteiger partial charge on any atom is 0.269 e. The number of nitrogens with zero attached hydrogens (tertiary/aromatic N) is 1. The topological polar surface area (TPSA) is 78.5 Å². The molecule has 2 aromatic carbocycles. The smallest absolute Gasteiger partial charge is 0.269 e. The Morgan fingerprint density at radius 2 is 1.87 bits per heavy atom. The van der Waals surface area contributed by atoms with Gasteiger partial charge in [0.1, 0.15) is 4.32 Å². The molecule has 0 saturated carbocycles. The summed E-state index contributed by atoms with van der Waals surface area (Å²) in [6.07, 6.45) is 1.63. The zero-order chi connectivity index (χ0) is 21.7. The van der Waals surface area contributed by atoms with E-state index in [4.69, 9.17) is 35.4 Å². The zero-order valence-corrected chi connectivity index (χ0v) is 18.5. The van der Waals surface area contributed by atoms with Gasteiger partial charge in [-0.25, -0.2) is 0 Å². The predicted molar refractivity (Wildman–Crippen MR) is 123 cm³/mol. The standard InChI is InChI=1S/C20H15Cl2N3O3S2/c21-14-6-3-5-13(10-14)18(27)24-23-17(26)8-9-25-19(28)16(30-20(25)29)11-12-4-1-2-7-15(12)22/h1-7,10-11H,8-9H2,(H,23,26)(H,24,27)/b16-11+. The first-order chi connectivity index (χ1) is 14.3. The van der Waals surface area contributed by atoms with Crippen LogP contribution in [0.5, 0.6) is 0 Å². The molecular formula is C20H15Cl2N3O3S2. The van der Waals surface area contributed by atoms with Crippen molar-refractivity contribution in [3.63, 3.8) is 0 Å². The lowest BCUT2D eigenvalue weighted by atomic mass is 10.2. The Kier molecular flexibility index (Phi) is 7.49. The lowest BCUT2D eigenvalue weighted by Gasteiger charge is -2.14. The second-order valence-electron chi connectivity index (χ2n) is 6.12. The van der Waals surface area contributed by atoms with Gasteiger partial charge >= 0.3 is 0 Å². The average Bonchev–Trinajstić information content (AvgIpc) is 2.99. The molecule has 6 nitrogen and oxygen atoms in total. The molecule has 0 atom stereocenters. The lowest BCUT2D eigenvalue weighted by molar-refractivity contribution is -0.124. The van der Waals surface area contributed by atoms with Crippen LogP contribution >= 0.6 is 47.2 Å². The fourth-order valence-electron chi connectivity index (χ4n) is 2.53. The van der Waals surface area contributed by atoms with E-state index in [2.05, 4.69) is 10.9 Å². The summed E-state index contributed by atoms with van der Waals surface area (Å²) < 4.78 is 0.356. The molecule has 1 fully saturated rings. The van der Waals surface area contributed by atoms with Gasteiger partial charge in [-0.1, -0.05) is 71.4 Å². The number of carbonyl (C=O) groups is 3. The van der Waals surface area contributed by atoms with Crippen LogP contribution in [-0.2, 0) is 9.59 Å². The second-order valence-corrected chi connectivity index (χ2v) is 8.64. The summed E-state index contributed by atoms with van der Waals surface area (Å²) in [5.74, 6) is -1.26. The summed E-state index contributed by atoms with van der Waals surface area (Å²) in [5.41, 5.74) is 5.64. The van der Waals surface area contributed by atoms with Crippen LogP contribution in [0.3, 0.4) is 0 Å². The van der Waals surface area contributed by atoms with E-state index in [-0.39, 0.29) is 18.9 Å². The summed E-state index contributed by atoms with van der Waals surface area (Å²) in [5, 5.41) is 0.936. The summed E-state index contributed by atoms with van der Waals surface area (Å²) in [6, 6.07) is 13.5. The molecule has 3 rings (SSSR count). The molecule has 3 amide bonds. The van der Waals surface area contributed by atoms with Gasteiger partial charge in [-0.15, -0.1) is 0 Å². The van der Waals surface area contributed by atoms with Gasteiger partial charge in [0, 0.05) is 28.6 Å². The monoisotopic (exact) mass is 479 g/mol. The number of benzene rings is 2. The van der Waals surface area contributed by atoms with Gasteiger partial charge in [-0.2, -0.15) is 0 Å². The van der Waals surface area contributed by atoms with Crippen LogP contribution in [0, 0.1) is 0 Å². The first kappa shape index (κ1) is 22.3. The van der Waals surface area contributed by atoms with Crippen molar-refractivity contribution in [1.29, 1.82) is 0 Å². The number of nitrogens with one attached hydrogen (secondary N) is 2. The highest BCUT2D eigenvalue weighted by molar-refractivity contribution is 8.26.